The van der Waals surface area contributed by atoms with Crippen LogP contribution in [-0.4, -0.2) is 49.7 Å². The summed E-state index contributed by atoms with van der Waals surface area (Å²) in [6.07, 6.45) is 0.779. The molecule has 0 saturated carbocycles. The zero-order chi connectivity index (χ0) is 17.4. The van der Waals surface area contributed by atoms with E-state index in [9.17, 15) is 26.4 Å². The molecule has 0 bridgehead atoms. The first-order chi connectivity index (χ1) is 10.7. The Labute approximate surface area is 132 Å². The summed E-state index contributed by atoms with van der Waals surface area (Å²) < 4.78 is 65.8. The molecule has 9 heteroatoms. The molecule has 0 aromatic heterocycles. The maximum Gasteiger partial charge on any atom is 0.246 e. The van der Waals surface area contributed by atoms with Crippen LogP contribution in [-0.2, 0) is 14.8 Å². The smallest absolute Gasteiger partial charge is 0.246 e. The fourth-order valence-corrected chi connectivity index (χ4v) is 4.10. The number of hydrogen-bond acceptors (Lipinski definition) is 3. The summed E-state index contributed by atoms with van der Waals surface area (Å²) in [4.78, 5) is 12.0. The van der Waals surface area contributed by atoms with Crippen LogP contribution < -0.4 is 0 Å². The number of rotatable bonds is 3. The monoisotopic (exact) mass is 350 g/mol. The highest BCUT2D eigenvalue weighted by Gasteiger charge is 2.34. The summed E-state index contributed by atoms with van der Waals surface area (Å²) in [6.45, 7) is 1.56. The van der Waals surface area contributed by atoms with Crippen molar-refractivity contribution in [1.29, 1.82) is 0 Å². The zero-order valence-electron chi connectivity index (χ0n) is 12.7. The van der Waals surface area contributed by atoms with E-state index >= 15 is 0 Å². The van der Waals surface area contributed by atoms with Gasteiger partial charge in [-0.15, -0.1) is 0 Å². The van der Waals surface area contributed by atoms with Gasteiger partial charge in [0.05, 0.1) is 0 Å². The normalized spacial score (nSPS) is 17.3. The number of piperidine rings is 1. The van der Waals surface area contributed by atoms with Crippen molar-refractivity contribution in [2.75, 3.05) is 20.1 Å². The number of carbonyl (C=O) groups excluding carboxylic acids is 1. The van der Waals surface area contributed by atoms with Crippen LogP contribution in [0.25, 0.3) is 0 Å². The van der Waals surface area contributed by atoms with E-state index in [1.54, 1.807) is 7.05 Å². The second-order valence-electron chi connectivity index (χ2n) is 5.44. The third-order valence-corrected chi connectivity index (χ3v) is 6.00. The summed E-state index contributed by atoms with van der Waals surface area (Å²) in [5.74, 6) is -5.09. The van der Waals surface area contributed by atoms with E-state index in [0.29, 0.717) is 18.9 Å². The highest BCUT2D eigenvalue weighted by atomic mass is 32.2. The summed E-state index contributed by atoms with van der Waals surface area (Å²) in [7, 11) is -2.62. The topological polar surface area (TPSA) is 57.7 Å². The molecule has 0 aliphatic carbocycles. The van der Waals surface area contributed by atoms with Crippen molar-refractivity contribution in [1.82, 2.24) is 9.21 Å². The fourth-order valence-electron chi connectivity index (χ4n) is 2.57. The lowest BCUT2D eigenvalue weighted by Gasteiger charge is -2.35. The van der Waals surface area contributed by atoms with Gasteiger partial charge in [0, 0.05) is 33.1 Å². The van der Waals surface area contributed by atoms with E-state index in [2.05, 4.69) is 0 Å². The fraction of sp³-hybridized carbons (Fsp3) is 0.500. The number of sulfonamides is 1. The highest BCUT2D eigenvalue weighted by molar-refractivity contribution is 7.89. The second-order valence-corrected chi connectivity index (χ2v) is 7.35. The lowest BCUT2D eigenvalue weighted by atomic mass is 10.1. The molecule has 23 heavy (non-hydrogen) atoms. The second kappa shape index (κ2) is 6.48. The number of halogens is 3. The number of hydrogen-bond donors (Lipinski definition) is 0. The van der Waals surface area contributed by atoms with Crippen LogP contribution in [0.3, 0.4) is 0 Å². The lowest BCUT2D eigenvalue weighted by molar-refractivity contribution is -0.130. The van der Waals surface area contributed by atoms with Crippen LogP contribution in [0, 0.1) is 17.5 Å². The molecule has 2 rings (SSSR count). The predicted molar refractivity (Wildman–Crippen MR) is 76.5 cm³/mol. The Morgan fingerprint density at radius 1 is 1.17 bits per heavy atom. The van der Waals surface area contributed by atoms with Crippen LogP contribution in [0.4, 0.5) is 13.2 Å². The Morgan fingerprint density at radius 2 is 1.74 bits per heavy atom. The Kier molecular flexibility index (Phi) is 5.00. The maximum absolute atomic E-state index is 13.8. The van der Waals surface area contributed by atoms with Crippen LogP contribution >= 0.6 is 0 Å². The molecule has 5 nitrogen and oxygen atoms in total. The third kappa shape index (κ3) is 3.35. The molecular weight excluding hydrogens is 333 g/mol. The molecule has 1 aromatic carbocycles. The first-order valence-corrected chi connectivity index (χ1v) is 8.47. The van der Waals surface area contributed by atoms with Gasteiger partial charge < -0.3 is 4.90 Å². The van der Waals surface area contributed by atoms with Crippen LogP contribution in [0.5, 0.6) is 0 Å². The number of benzene rings is 1. The highest BCUT2D eigenvalue weighted by Crippen LogP contribution is 2.26. The van der Waals surface area contributed by atoms with E-state index in [1.165, 1.54) is 11.8 Å². The average molecular weight is 350 g/mol. The molecule has 1 saturated heterocycles. The molecule has 1 heterocycles. The minimum Gasteiger partial charge on any atom is -0.343 e. The van der Waals surface area contributed by atoms with Crippen molar-refractivity contribution in [2.24, 2.45) is 0 Å². The van der Waals surface area contributed by atoms with Gasteiger partial charge in [0.2, 0.25) is 15.9 Å². The van der Waals surface area contributed by atoms with Crippen LogP contribution in [0.1, 0.15) is 19.8 Å². The van der Waals surface area contributed by atoms with Gasteiger partial charge in [-0.25, -0.2) is 21.6 Å². The van der Waals surface area contributed by atoms with Crippen molar-refractivity contribution in [3.8, 4) is 0 Å². The van der Waals surface area contributed by atoms with E-state index in [0.717, 1.165) is 10.4 Å². The molecule has 0 spiro atoms. The van der Waals surface area contributed by atoms with E-state index in [-0.39, 0.29) is 25.0 Å². The minimum absolute atomic E-state index is 0.0725. The molecule has 0 atom stereocenters. The van der Waals surface area contributed by atoms with Gasteiger partial charge in [0.15, 0.2) is 17.5 Å². The number of amides is 1. The Hall–Kier alpha value is -1.61. The Bertz CT molecular complexity index is 716. The van der Waals surface area contributed by atoms with Gasteiger partial charge in [0.25, 0.3) is 0 Å². The van der Waals surface area contributed by atoms with Crippen molar-refractivity contribution in [3.05, 3.63) is 29.6 Å². The first kappa shape index (κ1) is 17.7. The van der Waals surface area contributed by atoms with Gasteiger partial charge in [0.1, 0.15) is 4.90 Å². The minimum atomic E-state index is -4.25. The van der Waals surface area contributed by atoms with Crippen LogP contribution in [0.2, 0.25) is 0 Å². The van der Waals surface area contributed by atoms with Crippen molar-refractivity contribution in [2.45, 2.75) is 30.7 Å². The molecule has 1 aromatic rings. The van der Waals surface area contributed by atoms with Gasteiger partial charge in [-0.1, -0.05) is 0 Å². The molecule has 0 N–H and O–H groups in total. The summed E-state index contributed by atoms with van der Waals surface area (Å²) in [5, 5.41) is 0. The van der Waals surface area contributed by atoms with E-state index < -0.39 is 32.4 Å². The van der Waals surface area contributed by atoms with E-state index in [1.807, 2.05) is 0 Å². The van der Waals surface area contributed by atoms with Gasteiger partial charge in [-0.05, 0) is 25.0 Å². The van der Waals surface area contributed by atoms with Gasteiger partial charge in [-0.2, -0.15) is 4.31 Å². The molecule has 1 amide bonds. The molecular formula is C14H17F3N2O3S. The quantitative estimate of drug-likeness (QED) is 0.780. The Morgan fingerprint density at radius 3 is 2.26 bits per heavy atom. The SMILES string of the molecule is CC(=O)N(C)C1CCN(S(=O)(=O)c2ccc(F)c(F)c2F)CC1. The van der Waals surface area contributed by atoms with Crippen molar-refractivity contribution >= 4 is 15.9 Å². The summed E-state index contributed by atoms with van der Waals surface area (Å²) >= 11 is 0. The molecule has 0 radical (unpaired) electrons. The third-order valence-electron chi connectivity index (χ3n) is 4.09. The lowest BCUT2D eigenvalue weighted by Crippen LogP contribution is -2.46. The Balaban J connectivity index is 2.20. The van der Waals surface area contributed by atoms with Crippen LogP contribution in [0.15, 0.2) is 17.0 Å². The number of carbonyl (C=O) groups is 1. The molecule has 1 aliphatic rings. The summed E-state index contributed by atoms with van der Waals surface area (Å²) in [5.41, 5.74) is 0. The predicted octanol–water partition coefficient (Wildman–Crippen LogP) is 1.74. The van der Waals surface area contributed by atoms with E-state index in [4.69, 9.17) is 0 Å². The van der Waals surface area contributed by atoms with Crippen molar-refractivity contribution in [3.63, 3.8) is 0 Å². The first-order valence-electron chi connectivity index (χ1n) is 7.03. The molecule has 1 aliphatic heterocycles. The standard InChI is InChI=1S/C14H17F3N2O3S/c1-9(20)18(2)10-5-7-19(8-6-10)23(21,22)12-4-3-11(15)13(16)14(12)17/h3-4,10H,5-8H2,1-2H3. The average Bonchev–Trinajstić information content (AvgIpc) is 2.51. The molecule has 0 unspecified atom stereocenters. The number of nitrogens with zero attached hydrogens (tertiary/aromatic N) is 2. The molecule has 1 fully saturated rings. The largest absolute Gasteiger partial charge is 0.343 e. The molecule has 128 valence electrons. The summed E-state index contributed by atoms with van der Waals surface area (Å²) in [6, 6.07) is 1.20. The van der Waals surface area contributed by atoms with Gasteiger partial charge in [-0.3, -0.25) is 4.79 Å². The maximum atomic E-state index is 13.8. The zero-order valence-corrected chi connectivity index (χ0v) is 13.5. The van der Waals surface area contributed by atoms with Gasteiger partial charge >= 0.3 is 0 Å². The van der Waals surface area contributed by atoms with Crippen molar-refractivity contribution < 1.29 is 26.4 Å².